The molecule has 0 spiro atoms. The van der Waals surface area contributed by atoms with Crippen LogP contribution in [0.25, 0.3) is 10.2 Å². The van der Waals surface area contributed by atoms with E-state index in [0.717, 1.165) is 4.70 Å². The average molecular weight is 452 g/mol. The molecule has 0 aliphatic rings. The van der Waals surface area contributed by atoms with Gasteiger partial charge in [-0.05, 0) is 26.2 Å². The van der Waals surface area contributed by atoms with E-state index in [1.54, 1.807) is 24.1 Å². The number of nitrogens with zero attached hydrogens (tertiary/aromatic N) is 5. The van der Waals surface area contributed by atoms with Gasteiger partial charge < -0.3 is 19.1 Å². The van der Waals surface area contributed by atoms with Gasteiger partial charge in [0.25, 0.3) is 5.91 Å². The summed E-state index contributed by atoms with van der Waals surface area (Å²) in [6.07, 6.45) is 0. The first-order valence-corrected chi connectivity index (χ1v) is 10.1. The lowest BCUT2D eigenvalue weighted by atomic mass is 10.3. The Morgan fingerprint density at radius 2 is 1.83 bits per heavy atom. The zero-order valence-corrected chi connectivity index (χ0v) is 18.9. The molecule has 1 amide bonds. The van der Waals surface area contributed by atoms with Crippen LogP contribution in [0.1, 0.15) is 10.5 Å². The van der Waals surface area contributed by atoms with E-state index in [9.17, 15) is 4.79 Å². The summed E-state index contributed by atoms with van der Waals surface area (Å²) in [5.41, 5.74) is 0.736. The highest BCUT2D eigenvalue weighted by Crippen LogP contribution is 2.39. The monoisotopic (exact) mass is 451 g/mol. The molecule has 2 aromatic heterocycles. The van der Waals surface area contributed by atoms with Crippen LogP contribution in [0.2, 0.25) is 5.02 Å². The lowest BCUT2D eigenvalue weighted by Gasteiger charge is -2.21. The molecule has 0 N–H and O–H groups in total. The van der Waals surface area contributed by atoms with Gasteiger partial charge in [0.15, 0.2) is 5.13 Å². The smallest absolute Gasteiger partial charge is 0.320 e. The first kappa shape index (κ1) is 22.0. The van der Waals surface area contributed by atoms with Gasteiger partial charge in [0.2, 0.25) is 5.88 Å². The largest absolute Gasteiger partial charge is 0.494 e. The maximum absolute atomic E-state index is 13.4. The molecule has 0 atom stereocenters. The number of carbonyl (C=O) groups excluding carboxylic acids is 1. The second-order valence-corrected chi connectivity index (χ2v) is 7.85. The van der Waals surface area contributed by atoms with E-state index < -0.39 is 0 Å². The Morgan fingerprint density at radius 3 is 2.47 bits per heavy atom. The van der Waals surface area contributed by atoms with Gasteiger partial charge in [-0.3, -0.25) is 9.69 Å². The number of thiazole rings is 1. The van der Waals surface area contributed by atoms with Crippen LogP contribution in [0.3, 0.4) is 0 Å². The molecule has 3 aromatic rings. The van der Waals surface area contributed by atoms with E-state index in [1.165, 1.54) is 31.6 Å². The van der Waals surface area contributed by atoms with Crippen molar-refractivity contribution in [3.05, 3.63) is 28.9 Å². The molecule has 9 nitrogen and oxygen atoms in total. The molecule has 1 aromatic carbocycles. The summed E-state index contributed by atoms with van der Waals surface area (Å²) in [4.78, 5) is 29.8. The SMILES string of the molecule is COc1cc(C(=O)N(CCN(C)C)c2nc3c(OC)ccc(Cl)c3s2)nc(OC)n1. The fourth-order valence-electron chi connectivity index (χ4n) is 2.65. The number of ether oxygens (including phenoxy) is 3. The number of methoxy groups -OCH3 is 3. The average Bonchev–Trinajstić information content (AvgIpc) is 3.19. The topological polar surface area (TPSA) is 89.9 Å². The van der Waals surface area contributed by atoms with Gasteiger partial charge in [-0.25, -0.2) is 4.98 Å². The standard InChI is InChI=1S/C19H22ClN5O4S/c1-24(2)8-9-25(17(26)12-10-14(28-4)22-18(21-12)29-5)19-23-15-13(27-3)7-6-11(20)16(15)30-19/h6-7,10H,8-9H2,1-5H3. The molecule has 3 rings (SSSR count). The Balaban J connectivity index is 2.08. The van der Waals surface area contributed by atoms with Gasteiger partial charge in [-0.15, -0.1) is 0 Å². The number of halogens is 1. The maximum Gasteiger partial charge on any atom is 0.320 e. The van der Waals surface area contributed by atoms with Gasteiger partial charge in [0.1, 0.15) is 17.0 Å². The Bertz CT molecular complexity index is 1040. The number of benzene rings is 1. The minimum Gasteiger partial charge on any atom is -0.494 e. The molecular formula is C19H22ClN5O4S. The third-order valence-electron chi connectivity index (χ3n) is 4.21. The van der Waals surface area contributed by atoms with E-state index in [1.807, 2.05) is 19.0 Å². The highest BCUT2D eigenvalue weighted by Gasteiger charge is 2.25. The Hall–Kier alpha value is -2.69. The van der Waals surface area contributed by atoms with E-state index in [4.69, 9.17) is 25.8 Å². The lowest BCUT2D eigenvalue weighted by Crippen LogP contribution is -2.37. The molecule has 0 bridgehead atoms. The Kier molecular flexibility index (Phi) is 6.91. The van der Waals surface area contributed by atoms with E-state index >= 15 is 0 Å². The molecule has 11 heteroatoms. The number of rotatable bonds is 8. The van der Waals surface area contributed by atoms with Crippen LogP contribution < -0.4 is 19.1 Å². The quantitative estimate of drug-likeness (QED) is 0.516. The normalized spacial score (nSPS) is 11.0. The zero-order chi connectivity index (χ0) is 21.8. The number of carbonyl (C=O) groups is 1. The van der Waals surface area contributed by atoms with Gasteiger partial charge in [0, 0.05) is 19.2 Å². The number of hydrogen-bond acceptors (Lipinski definition) is 9. The van der Waals surface area contributed by atoms with Crippen molar-refractivity contribution >= 4 is 44.2 Å². The van der Waals surface area contributed by atoms with Crippen molar-refractivity contribution in [1.82, 2.24) is 19.9 Å². The van der Waals surface area contributed by atoms with Crippen LogP contribution in [0.4, 0.5) is 5.13 Å². The van der Waals surface area contributed by atoms with E-state index in [0.29, 0.717) is 34.5 Å². The van der Waals surface area contributed by atoms with Crippen molar-refractivity contribution in [3.63, 3.8) is 0 Å². The maximum atomic E-state index is 13.4. The van der Waals surface area contributed by atoms with Crippen molar-refractivity contribution in [3.8, 4) is 17.6 Å². The second kappa shape index (κ2) is 9.41. The molecule has 0 aliphatic heterocycles. The van der Waals surface area contributed by atoms with Crippen LogP contribution in [0.5, 0.6) is 17.6 Å². The summed E-state index contributed by atoms with van der Waals surface area (Å²) >= 11 is 7.67. The summed E-state index contributed by atoms with van der Waals surface area (Å²) in [5, 5.41) is 1.03. The summed E-state index contributed by atoms with van der Waals surface area (Å²) in [5.74, 6) is 0.457. The van der Waals surface area contributed by atoms with Crippen molar-refractivity contribution < 1.29 is 19.0 Å². The minimum absolute atomic E-state index is 0.0410. The third kappa shape index (κ3) is 4.55. The molecule has 0 aliphatic carbocycles. The van der Waals surface area contributed by atoms with Crippen LogP contribution >= 0.6 is 22.9 Å². The van der Waals surface area contributed by atoms with Gasteiger partial charge in [0.05, 0.1) is 31.1 Å². The number of likely N-dealkylation sites (N-methyl/N-ethyl adjacent to an activating group) is 1. The zero-order valence-electron chi connectivity index (χ0n) is 17.3. The summed E-state index contributed by atoms with van der Waals surface area (Å²) < 4.78 is 16.4. The van der Waals surface area contributed by atoms with E-state index in [2.05, 4.69) is 15.0 Å². The molecule has 0 fully saturated rings. The molecule has 0 radical (unpaired) electrons. The van der Waals surface area contributed by atoms with Gasteiger partial charge in [-0.2, -0.15) is 9.97 Å². The number of amides is 1. The van der Waals surface area contributed by atoms with Crippen molar-refractivity contribution in [2.75, 3.05) is 53.4 Å². The highest BCUT2D eigenvalue weighted by atomic mass is 35.5. The number of hydrogen-bond donors (Lipinski definition) is 0. The molecule has 0 saturated carbocycles. The Morgan fingerprint density at radius 1 is 1.07 bits per heavy atom. The number of anilines is 1. The van der Waals surface area contributed by atoms with Crippen molar-refractivity contribution in [2.24, 2.45) is 0 Å². The van der Waals surface area contributed by atoms with Crippen LogP contribution in [0.15, 0.2) is 18.2 Å². The highest BCUT2D eigenvalue weighted by molar-refractivity contribution is 7.23. The third-order valence-corrected chi connectivity index (χ3v) is 5.75. The van der Waals surface area contributed by atoms with Gasteiger partial charge >= 0.3 is 6.01 Å². The predicted molar refractivity (Wildman–Crippen MR) is 117 cm³/mol. The van der Waals surface area contributed by atoms with Crippen LogP contribution in [0, 0.1) is 0 Å². The summed E-state index contributed by atoms with van der Waals surface area (Å²) in [6.45, 7) is 1.01. The van der Waals surface area contributed by atoms with E-state index in [-0.39, 0.29) is 23.5 Å². The minimum atomic E-state index is -0.356. The molecule has 30 heavy (non-hydrogen) atoms. The van der Waals surface area contributed by atoms with Crippen LogP contribution in [-0.2, 0) is 0 Å². The molecular weight excluding hydrogens is 430 g/mol. The molecule has 0 unspecified atom stereocenters. The van der Waals surface area contributed by atoms with Crippen molar-refractivity contribution in [1.29, 1.82) is 0 Å². The molecule has 0 saturated heterocycles. The number of aromatic nitrogens is 3. The van der Waals surface area contributed by atoms with Crippen molar-refractivity contribution in [2.45, 2.75) is 0 Å². The lowest BCUT2D eigenvalue weighted by molar-refractivity contribution is 0.0978. The second-order valence-electron chi connectivity index (χ2n) is 6.47. The predicted octanol–water partition coefficient (Wildman–Crippen LogP) is 2.97. The summed E-state index contributed by atoms with van der Waals surface area (Å²) in [7, 11) is 8.31. The molecule has 160 valence electrons. The fourth-order valence-corrected chi connectivity index (χ4v) is 3.93. The fraction of sp³-hybridized carbons (Fsp3) is 0.368. The number of fused-ring (bicyclic) bond motifs is 1. The first-order valence-electron chi connectivity index (χ1n) is 8.94. The summed E-state index contributed by atoms with van der Waals surface area (Å²) in [6, 6.07) is 5.00. The Labute approximate surface area is 183 Å². The van der Waals surface area contributed by atoms with Crippen LogP contribution in [-0.4, -0.2) is 74.3 Å². The first-order chi connectivity index (χ1) is 14.4. The molecule has 2 heterocycles. The van der Waals surface area contributed by atoms with Gasteiger partial charge in [-0.1, -0.05) is 22.9 Å².